The number of carbonyl (C=O) groups is 1. The van der Waals surface area contributed by atoms with Gasteiger partial charge in [0.25, 0.3) is 0 Å². The van der Waals surface area contributed by atoms with Gasteiger partial charge >= 0.3 is 0 Å². The molecule has 0 aliphatic heterocycles. The minimum Gasteiger partial charge on any atom is -0.397 e. The van der Waals surface area contributed by atoms with Crippen molar-refractivity contribution in [3.63, 3.8) is 0 Å². The highest BCUT2D eigenvalue weighted by atomic mass is 79.9. The number of halogens is 1. The maximum Gasteiger partial charge on any atom is 0.230 e. The molecule has 0 saturated carbocycles. The van der Waals surface area contributed by atoms with Crippen LogP contribution in [0.1, 0.15) is 5.69 Å². The van der Waals surface area contributed by atoms with Crippen LogP contribution in [0.25, 0.3) is 0 Å². The largest absolute Gasteiger partial charge is 0.397 e. The van der Waals surface area contributed by atoms with Crippen molar-refractivity contribution in [1.29, 1.82) is 0 Å². The zero-order valence-corrected chi connectivity index (χ0v) is 13.5. The van der Waals surface area contributed by atoms with E-state index in [0.29, 0.717) is 11.4 Å². The lowest BCUT2D eigenvalue weighted by Crippen LogP contribution is -2.18. The Labute approximate surface area is 132 Å². The molecule has 2 rings (SSSR count). The summed E-state index contributed by atoms with van der Waals surface area (Å²) in [5.74, 6) is -0.117. The van der Waals surface area contributed by atoms with Crippen LogP contribution in [0.5, 0.6) is 0 Å². The van der Waals surface area contributed by atoms with Crippen LogP contribution in [0.2, 0.25) is 0 Å². The molecule has 6 heteroatoms. The van der Waals surface area contributed by atoms with E-state index < -0.39 is 0 Å². The molecule has 1 heterocycles. The van der Waals surface area contributed by atoms with Crippen molar-refractivity contribution in [1.82, 2.24) is 4.98 Å². The summed E-state index contributed by atoms with van der Waals surface area (Å²) in [4.78, 5) is 18.2. The van der Waals surface area contributed by atoms with Gasteiger partial charge in [0.15, 0.2) is 0 Å². The third-order valence-corrected chi connectivity index (χ3v) is 3.40. The number of nitrogen functional groups attached to an aromatic ring is 1. The number of carbonyl (C=O) groups excluding carboxylic acids is 1. The summed E-state index contributed by atoms with van der Waals surface area (Å²) < 4.78 is 0.911. The highest BCUT2D eigenvalue weighted by Crippen LogP contribution is 2.28. The average molecular weight is 349 g/mol. The van der Waals surface area contributed by atoms with Crippen LogP contribution in [0.3, 0.4) is 0 Å². The zero-order valence-electron chi connectivity index (χ0n) is 11.9. The Kier molecular flexibility index (Phi) is 4.80. The number of rotatable bonds is 4. The molecule has 1 aromatic heterocycles. The Hall–Kier alpha value is -2.08. The molecule has 0 aliphatic rings. The number of amides is 1. The van der Waals surface area contributed by atoms with Crippen molar-refractivity contribution in [3.05, 3.63) is 46.7 Å². The van der Waals surface area contributed by atoms with Crippen LogP contribution < -0.4 is 16.0 Å². The van der Waals surface area contributed by atoms with Gasteiger partial charge in [-0.05, 0) is 30.3 Å². The van der Waals surface area contributed by atoms with Crippen molar-refractivity contribution < 1.29 is 4.79 Å². The molecule has 0 aliphatic carbocycles. The third-order valence-electron chi connectivity index (χ3n) is 2.90. The zero-order chi connectivity index (χ0) is 15.4. The van der Waals surface area contributed by atoms with Gasteiger partial charge in [-0.15, -0.1) is 0 Å². The van der Waals surface area contributed by atoms with E-state index in [-0.39, 0.29) is 12.3 Å². The number of anilines is 3. The molecular weight excluding hydrogens is 332 g/mol. The average Bonchev–Trinajstić information content (AvgIpc) is 2.41. The fraction of sp³-hybridized carbons (Fsp3) is 0.200. The normalized spacial score (nSPS) is 10.2. The molecule has 2 aromatic rings. The highest BCUT2D eigenvalue weighted by Gasteiger charge is 2.10. The number of nitrogens with two attached hydrogens (primary N) is 1. The van der Waals surface area contributed by atoms with E-state index in [4.69, 9.17) is 5.73 Å². The lowest BCUT2D eigenvalue weighted by atomic mass is 10.2. The maximum absolute atomic E-state index is 12.1. The lowest BCUT2D eigenvalue weighted by molar-refractivity contribution is -0.115. The van der Waals surface area contributed by atoms with Crippen LogP contribution in [0, 0.1) is 0 Å². The first-order valence-electron chi connectivity index (χ1n) is 6.43. The molecule has 0 saturated heterocycles. The number of hydrogen-bond donors (Lipinski definition) is 2. The fourth-order valence-electron chi connectivity index (χ4n) is 1.90. The van der Waals surface area contributed by atoms with Gasteiger partial charge < -0.3 is 16.0 Å². The molecule has 1 aromatic carbocycles. The van der Waals surface area contributed by atoms with E-state index in [1.165, 1.54) is 0 Å². The first kappa shape index (κ1) is 15.3. The van der Waals surface area contributed by atoms with Gasteiger partial charge in [0.1, 0.15) is 0 Å². The minimum absolute atomic E-state index is 0.117. The summed E-state index contributed by atoms with van der Waals surface area (Å²) >= 11 is 3.41. The molecule has 0 bridgehead atoms. The van der Waals surface area contributed by atoms with E-state index in [1.807, 2.05) is 37.2 Å². The maximum atomic E-state index is 12.1. The summed E-state index contributed by atoms with van der Waals surface area (Å²) in [6.45, 7) is 0. The fourth-order valence-corrected chi connectivity index (χ4v) is 2.26. The standard InChI is InChI=1S/C15H17BrN4O/c1-20(2)14-6-3-10(16)7-13(14)19-15(21)8-12-5-4-11(17)9-18-12/h3-7,9H,8,17H2,1-2H3,(H,19,21). The number of aromatic nitrogens is 1. The number of pyridine rings is 1. The summed E-state index contributed by atoms with van der Waals surface area (Å²) in [5.41, 5.74) is 8.55. The number of benzene rings is 1. The SMILES string of the molecule is CN(C)c1ccc(Br)cc1NC(=O)Cc1ccc(N)cn1. The monoisotopic (exact) mass is 348 g/mol. The quantitative estimate of drug-likeness (QED) is 0.890. The lowest BCUT2D eigenvalue weighted by Gasteiger charge is -2.18. The molecule has 0 radical (unpaired) electrons. The van der Waals surface area contributed by atoms with Gasteiger partial charge in [-0.2, -0.15) is 0 Å². The van der Waals surface area contributed by atoms with E-state index >= 15 is 0 Å². The second-order valence-electron chi connectivity index (χ2n) is 4.86. The first-order valence-corrected chi connectivity index (χ1v) is 7.22. The van der Waals surface area contributed by atoms with Crippen LogP contribution in [-0.4, -0.2) is 25.0 Å². The van der Waals surface area contributed by atoms with Gasteiger partial charge in [-0.1, -0.05) is 15.9 Å². The molecule has 110 valence electrons. The predicted molar refractivity (Wildman–Crippen MR) is 89.5 cm³/mol. The summed E-state index contributed by atoms with van der Waals surface area (Å²) in [5, 5.41) is 2.91. The van der Waals surface area contributed by atoms with Crippen LogP contribution in [-0.2, 0) is 11.2 Å². The van der Waals surface area contributed by atoms with Gasteiger partial charge in [-0.25, -0.2) is 0 Å². The first-order chi connectivity index (χ1) is 9.95. The number of hydrogen-bond acceptors (Lipinski definition) is 4. The van der Waals surface area contributed by atoms with Crippen molar-refractivity contribution >= 4 is 38.9 Å². The smallest absolute Gasteiger partial charge is 0.230 e. The Bertz CT molecular complexity index is 641. The van der Waals surface area contributed by atoms with Crippen molar-refractivity contribution in [2.24, 2.45) is 0 Å². The number of nitrogens with one attached hydrogen (secondary N) is 1. The summed E-state index contributed by atoms with van der Waals surface area (Å²) in [6, 6.07) is 9.25. The Morgan fingerprint density at radius 1 is 1.33 bits per heavy atom. The van der Waals surface area contributed by atoms with Gasteiger partial charge in [-0.3, -0.25) is 9.78 Å². The second kappa shape index (κ2) is 6.58. The minimum atomic E-state index is -0.117. The molecule has 3 N–H and O–H groups in total. The topological polar surface area (TPSA) is 71.2 Å². The highest BCUT2D eigenvalue weighted by molar-refractivity contribution is 9.10. The van der Waals surface area contributed by atoms with Gasteiger partial charge in [0.2, 0.25) is 5.91 Å². The molecule has 5 nitrogen and oxygen atoms in total. The number of nitrogens with zero attached hydrogens (tertiary/aromatic N) is 2. The van der Waals surface area contributed by atoms with E-state index in [2.05, 4.69) is 26.2 Å². The van der Waals surface area contributed by atoms with Gasteiger partial charge in [0.05, 0.1) is 29.7 Å². The molecule has 21 heavy (non-hydrogen) atoms. The molecule has 0 fully saturated rings. The third kappa shape index (κ3) is 4.19. The summed E-state index contributed by atoms with van der Waals surface area (Å²) in [7, 11) is 3.86. The van der Waals surface area contributed by atoms with Crippen molar-refractivity contribution in [3.8, 4) is 0 Å². The van der Waals surface area contributed by atoms with Crippen LogP contribution >= 0.6 is 15.9 Å². The molecule has 0 atom stereocenters. The van der Waals surface area contributed by atoms with Crippen molar-refractivity contribution in [2.45, 2.75) is 6.42 Å². The van der Waals surface area contributed by atoms with Crippen LogP contribution in [0.15, 0.2) is 41.0 Å². The van der Waals surface area contributed by atoms with E-state index in [1.54, 1.807) is 18.3 Å². The molecular formula is C15H17BrN4O. The molecule has 0 spiro atoms. The Balaban J connectivity index is 2.12. The molecule has 0 unspecified atom stereocenters. The Morgan fingerprint density at radius 3 is 2.71 bits per heavy atom. The van der Waals surface area contributed by atoms with E-state index in [9.17, 15) is 4.79 Å². The summed E-state index contributed by atoms with van der Waals surface area (Å²) in [6.07, 6.45) is 1.76. The van der Waals surface area contributed by atoms with E-state index in [0.717, 1.165) is 15.8 Å². The van der Waals surface area contributed by atoms with Crippen LogP contribution in [0.4, 0.5) is 17.1 Å². The van der Waals surface area contributed by atoms with Crippen molar-refractivity contribution in [2.75, 3.05) is 30.0 Å². The predicted octanol–water partition coefficient (Wildman–Crippen LogP) is 2.67. The Morgan fingerprint density at radius 2 is 2.10 bits per heavy atom. The molecule has 1 amide bonds. The van der Waals surface area contributed by atoms with Gasteiger partial charge in [0, 0.05) is 24.3 Å². The second-order valence-corrected chi connectivity index (χ2v) is 5.78.